The molecule has 0 bridgehead atoms. The highest BCUT2D eigenvalue weighted by atomic mass is 16.3. The van der Waals surface area contributed by atoms with Gasteiger partial charge in [0.1, 0.15) is 0 Å². The fraction of sp³-hybridized carbons (Fsp3) is 0.571. The van der Waals surface area contributed by atoms with Gasteiger partial charge in [-0.2, -0.15) is 0 Å². The quantitative estimate of drug-likeness (QED) is 0.804. The van der Waals surface area contributed by atoms with Gasteiger partial charge in [-0.1, -0.05) is 26.0 Å². The summed E-state index contributed by atoms with van der Waals surface area (Å²) in [7, 11) is 0. The SMILES string of the molecule is Cc1ccc(C(CO)C(C)C)c(C)c1C. The minimum atomic E-state index is 0.237. The van der Waals surface area contributed by atoms with Crippen LogP contribution in [0.3, 0.4) is 0 Å². The van der Waals surface area contributed by atoms with Crippen LogP contribution >= 0.6 is 0 Å². The highest BCUT2D eigenvalue weighted by Crippen LogP contribution is 2.29. The van der Waals surface area contributed by atoms with Gasteiger partial charge in [0.15, 0.2) is 0 Å². The summed E-state index contributed by atoms with van der Waals surface area (Å²) >= 11 is 0. The fourth-order valence-electron chi connectivity index (χ4n) is 2.05. The first kappa shape index (κ1) is 12.3. The molecule has 0 amide bonds. The maximum Gasteiger partial charge on any atom is 0.0502 e. The van der Waals surface area contributed by atoms with Crippen molar-refractivity contribution in [1.82, 2.24) is 0 Å². The number of aliphatic hydroxyl groups is 1. The molecule has 0 aromatic heterocycles. The molecule has 1 aromatic rings. The van der Waals surface area contributed by atoms with Crippen molar-refractivity contribution in [3.8, 4) is 0 Å². The van der Waals surface area contributed by atoms with E-state index in [2.05, 4.69) is 46.8 Å². The van der Waals surface area contributed by atoms with Crippen LogP contribution in [0.5, 0.6) is 0 Å². The number of aliphatic hydroxyl groups excluding tert-OH is 1. The molecule has 1 rings (SSSR count). The van der Waals surface area contributed by atoms with Crippen molar-refractivity contribution in [2.75, 3.05) is 6.61 Å². The molecule has 0 spiro atoms. The molecule has 0 saturated carbocycles. The highest BCUT2D eigenvalue weighted by molar-refractivity contribution is 5.40. The van der Waals surface area contributed by atoms with Crippen LogP contribution in [0.25, 0.3) is 0 Å². The zero-order chi connectivity index (χ0) is 11.6. The topological polar surface area (TPSA) is 20.2 Å². The summed E-state index contributed by atoms with van der Waals surface area (Å²) in [5.41, 5.74) is 5.32. The van der Waals surface area contributed by atoms with E-state index < -0.39 is 0 Å². The third-order valence-electron chi connectivity index (χ3n) is 3.50. The number of hydrogen-bond acceptors (Lipinski definition) is 1. The van der Waals surface area contributed by atoms with Gasteiger partial charge in [-0.05, 0) is 48.9 Å². The number of benzene rings is 1. The molecule has 1 nitrogen and oxygen atoms in total. The molecule has 0 radical (unpaired) electrons. The molecule has 1 aromatic carbocycles. The van der Waals surface area contributed by atoms with Crippen molar-refractivity contribution in [2.45, 2.75) is 40.5 Å². The van der Waals surface area contributed by atoms with Gasteiger partial charge in [0.05, 0.1) is 6.61 Å². The molecule has 0 aliphatic heterocycles. The number of rotatable bonds is 3. The molecular weight excluding hydrogens is 184 g/mol. The first-order valence-electron chi connectivity index (χ1n) is 5.66. The van der Waals surface area contributed by atoms with Crippen molar-refractivity contribution in [3.05, 3.63) is 34.4 Å². The lowest BCUT2D eigenvalue weighted by Gasteiger charge is -2.22. The molecular formula is C14H22O. The normalized spacial score (nSPS) is 13.3. The Kier molecular flexibility index (Phi) is 3.92. The van der Waals surface area contributed by atoms with E-state index in [0.717, 1.165) is 0 Å². The number of aryl methyl sites for hydroxylation is 1. The van der Waals surface area contributed by atoms with Crippen molar-refractivity contribution in [3.63, 3.8) is 0 Å². The Hall–Kier alpha value is -0.820. The van der Waals surface area contributed by atoms with Crippen molar-refractivity contribution < 1.29 is 5.11 Å². The maximum atomic E-state index is 9.43. The molecule has 1 heteroatoms. The predicted molar refractivity (Wildman–Crippen MR) is 65.3 cm³/mol. The molecule has 15 heavy (non-hydrogen) atoms. The molecule has 1 unspecified atom stereocenters. The Bertz CT molecular complexity index is 339. The smallest absolute Gasteiger partial charge is 0.0502 e. The number of hydrogen-bond donors (Lipinski definition) is 1. The lowest BCUT2D eigenvalue weighted by Crippen LogP contribution is -2.13. The Morgan fingerprint density at radius 3 is 2.13 bits per heavy atom. The zero-order valence-corrected chi connectivity index (χ0v) is 10.5. The molecule has 84 valence electrons. The maximum absolute atomic E-state index is 9.43. The Balaban J connectivity index is 3.19. The molecule has 0 saturated heterocycles. The second-order valence-corrected chi connectivity index (χ2v) is 4.75. The lowest BCUT2D eigenvalue weighted by molar-refractivity contribution is 0.237. The highest BCUT2D eigenvalue weighted by Gasteiger charge is 2.17. The first-order chi connectivity index (χ1) is 6.99. The van der Waals surface area contributed by atoms with Crippen LogP contribution in [0.15, 0.2) is 12.1 Å². The third kappa shape index (κ3) is 2.40. The van der Waals surface area contributed by atoms with Crippen LogP contribution < -0.4 is 0 Å². The first-order valence-corrected chi connectivity index (χ1v) is 5.66. The van der Waals surface area contributed by atoms with E-state index in [4.69, 9.17) is 0 Å². The minimum Gasteiger partial charge on any atom is -0.396 e. The van der Waals surface area contributed by atoms with Gasteiger partial charge in [-0.25, -0.2) is 0 Å². The summed E-state index contributed by atoms with van der Waals surface area (Å²) in [4.78, 5) is 0. The summed E-state index contributed by atoms with van der Waals surface area (Å²) in [5.74, 6) is 0.750. The summed E-state index contributed by atoms with van der Waals surface area (Å²) in [6.07, 6.45) is 0. The summed E-state index contributed by atoms with van der Waals surface area (Å²) in [6, 6.07) is 4.32. The van der Waals surface area contributed by atoms with Gasteiger partial charge >= 0.3 is 0 Å². The summed E-state index contributed by atoms with van der Waals surface area (Å²) < 4.78 is 0. The van der Waals surface area contributed by atoms with E-state index >= 15 is 0 Å². The summed E-state index contributed by atoms with van der Waals surface area (Å²) in [5, 5.41) is 9.43. The van der Waals surface area contributed by atoms with Gasteiger partial charge in [0.25, 0.3) is 0 Å². The van der Waals surface area contributed by atoms with Crippen LogP contribution in [0, 0.1) is 26.7 Å². The van der Waals surface area contributed by atoms with E-state index in [1.54, 1.807) is 0 Å². The van der Waals surface area contributed by atoms with Crippen molar-refractivity contribution >= 4 is 0 Å². The van der Waals surface area contributed by atoms with Gasteiger partial charge in [0, 0.05) is 5.92 Å². The Labute approximate surface area is 93.1 Å². The lowest BCUT2D eigenvalue weighted by atomic mass is 9.84. The summed E-state index contributed by atoms with van der Waals surface area (Å²) in [6.45, 7) is 11.0. The third-order valence-corrected chi connectivity index (χ3v) is 3.50. The Morgan fingerprint density at radius 1 is 1.07 bits per heavy atom. The van der Waals surface area contributed by atoms with Gasteiger partial charge in [0.2, 0.25) is 0 Å². The van der Waals surface area contributed by atoms with Crippen molar-refractivity contribution in [1.29, 1.82) is 0 Å². The van der Waals surface area contributed by atoms with E-state index in [0.29, 0.717) is 5.92 Å². The monoisotopic (exact) mass is 206 g/mol. The molecule has 0 fully saturated rings. The fourth-order valence-corrected chi connectivity index (χ4v) is 2.05. The minimum absolute atomic E-state index is 0.237. The van der Waals surface area contributed by atoms with E-state index in [1.165, 1.54) is 22.3 Å². The zero-order valence-electron chi connectivity index (χ0n) is 10.5. The second-order valence-electron chi connectivity index (χ2n) is 4.75. The van der Waals surface area contributed by atoms with E-state index in [9.17, 15) is 5.11 Å². The van der Waals surface area contributed by atoms with Crippen LogP contribution in [0.2, 0.25) is 0 Å². The largest absolute Gasteiger partial charge is 0.396 e. The van der Waals surface area contributed by atoms with Crippen LogP contribution in [0.4, 0.5) is 0 Å². The molecule has 0 aliphatic rings. The van der Waals surface area contributed by atoms with Gasteiger partial charge in [-0.3, -0.25) is 0 Å². The molecule has 1 N–H and O–H groups in total. The van der Waals surface area contributed by atoms with Gasteiger partial charge in [-0.15, -0.1) is 0 Å². The molecule has 0 heterocycles. The van der Waals surface area contributed by atoms with E-state index in [-0.39, 0.29) is 12.5 Å². The van der Waals surface area contributed by atoms with Gasteiger partial charge < -0.3 is 5.11 Å². The molecule has 1 atom stereocenters. The van der Waals surface area contributed by atoms with Crippen LogP contribution in [-0.2, 0) is 0 Å². The van der Waals surface area contributed by atoms with Crippen LogP contribution in [-0.4, -0.2) is 11.7 Å². The average molecular weight is 206 g/mol. The average Bonchev–Trinajstić information content (AvgIpc) is 2.18. The van der Waals surface area contributed by atoms with Crippen LogP contribution in [0.1, 0.15) is 42.0 Å². The standard InChI is InChI=1S/C14H22O/c1-9(2)14(8-15)13-7-6-10(3)11(4)12(13)5/h6-7,9,14-15H,8H2,1-5H3. The Morgan fingerprint density at radius 2 is 1.67 bits per heavy atom. The molecule has 0 aliphatic carbocycles. The predicted octanol–water partition coefficient (Wildman–Crippen LogP) is 3.34. The van der Waals surface area contributed by atoms with Crippen molar-refractivity contribution in [2.24, 2.45) is 5.92 Å². The second kappa shape index (κ2) is 4.80. The van der Waals surface area contributed by atoms with E-state index in [1.807, 2.05) is 0 Å².